The van der Waals surface area contributed by atoms with Crippen LogP contribution in [-0.4, -0.2) is 0 Å². The Labute approximate surface area is 94.9 Å². The summed E-state index contributed by atoms with van der Waals surface area (Å²) in [7, 11) is 0. The fourth-order valence-corrected chi connectivity index (χ4v) is 1.35. The lowest BCUT2D eigenvalue weighted by molar-refractivity contribution is 1.60. The normalized spacial score (nSPS) is 9.25. The van der Waals surface area contributed by atoms with Gasteiger partial charge in [0.25, 0.3) is 0 Å². The highest BCUT2D eigenvalue weighted by Crippen LogP contribution is 2.18. The zero-order chi connectivity index (χ0) is 11.4. The number of nitrogens with two attached hydrogens (primary N) is 2. The number of rotatable bonds is 0. The van der Waals surface area contributed by atoms with Crippen molar-refractivity contribution in [2.75, 3.05) is 11.5 Å². The van der Waals surface area contributed by atoms with Crippen molar-refractivity contribution in [3.05, 3.63) is 59.7 Å². The van der Waals surface area contributed by atoms with Gasteiger partial charge in [-0.1, -0.05) is 36.1 Å². The van der Waals surface area contributed by atoms with Gasteiger partial charge in [-0.3, -0.25) is 0 Å². The van der Waals surface area contributed by atoms with Crippen molar-refractivity contribution in [1.29, 1.82) is 0 Å². The Bertz CT molecular complexity index is 548. The van der Waals surface area contributed by atoms with E-state index in [1.165, 1.54) is 0 Å². The molecule has 0 heterocycles. The highest BCUT2D eigenvalue weighted by Gasteiger charge is 1.97. The Morgan fingerprint density at radius 2 is 1.50 bits per heavy atom. The lowest BCUT2D eigenvalue weighted by Crippen LogP contribution is -1.96. The van der Waals surface area contributed by atoms with Crippen molar-refractivity contribution in [2.24, 2.45) is 0 Å². The number of hydrogen-bond acceptors (Lipinski definition) is 2. The molecule has 16 heavy (non-hydrogen) atoms. The van der Waals surface area contributed by atoms with Crippen LogP contribution in [0.4, 0.5) is 11.4 Å². The lowest BCUT2D eigenvalue weighted by atomic mass is 10.1. The van der Waals surface area contributed by atoms with Crippen LogP contribution in [0.15, 0.2) is 48.5 Å². The van der Waals surface area contributed by atoms with Crippen molar-refractivity contribution < 1.29 is 0 Å². The summed E-state index contributed by atoms with van der Waals surface area (Å²) in [4.78, 5) is 0. The summed E-state index contributed by atoms with van der Waals surface area (Å²) in [6.07, 6.45) is 0. The molecule has 2 aromatic rings. The van der Waals surface area contributed by atoms with Crippen LogP contribution in [0.3, 0.4) is 0 Å². The number of anilines is 2. The summed E-state index contributed by atoms with van der Waals surface area (Å²) in [5, 5.41) is 0. The molecule has 0 radical (unpaired) electrons. The smallest absolute Gasteiger partial charge is 0.0706 e. The van der Waals surface area contributed by atoms with E-state index in [1.54, 1.807) is 6.07 Å². The molecular formula is C14H12N2. The summed E-state index contributed by atoms with van der Waals surface area (Å²) >= 11 is 0. The van der Waals surface area contributed by atoms with Gasteiger partial charge in [-0.2, -0.15) is 0 Å². The third kappa shape index (κ3) is 2.15. The largest absolute Gasteiger partial charge is 0.397 e. The third-order valence-electron chi connectivity index (χ3n) is 2.26. The van der Waals surface area contributed by atoms with Gasteiger partial charge in [-0.15, -0.1) is 0 Å². The second-order valence-corrected chi connectivity index (χ2v) is 3.42. The molecule has 2 aromatic carbocycles. The van der Waals surface area contributed by atoms with Crippen molar-refractivity contribution in [3.63, 3.8) is 0 Å². The van der Waals surface area contributed by atoms with E-state index < -0.39 is 0 Å². The van der Waals surface area contributed by atoms with Crippen molar-refractivity contribution in [3.8, 4) is 11.8 Å². The first kappa shape index (κ1) is 10.1. The van der Waals surface area contributed by atoms with E-state index in [0.29, 0.717) is 11.4 Å². The van der Waals surface area contributed by atoms with E-state index in [2.05, 4.69) is 11.8 Å². The summed E-state index contributed by atoms with van der Waals surface area (Å²) in [5.41, 5.74) is 14.4. The SMILES string of the molecule is Nc1cccc(C#Cc2ccccc2)c1N. The molecule has 0 fully saturated rings. The first-order chi connectivity index (χ1) is 7.77. The highest BCUT2D eigenvalue weighted by molar-refractivity contribution is 5.71. The van der Waals surface area contributed by atoms with Gasteiger partial charge in [-0.05, 0) is 24.3 Å². The maximum Gasteiger partial charge on any atom is 0.0706 e. The van der Waals surface area contributed by atoms with E-state index in [1.807, 2.05) is 42.5 Å². The Morgan fingerprint density at radius 3 is 2.25 bits per heavy atom. The molecule has 4 N–H and O–H groups in total. The number of hydrogen-bond donors (Lipinski definition) is 2. The molecule has 2 heteroatoms. The Balaban J connectivity index is 2.35. The van der Waals surface area contributed by atoms with Crippen LogP contribution in [0.25, 0.3) is 0 Å². The molecule has 2 rings (SSSR count). The van der Waals surface area contributed by atoms with E-state index in [0.717, 1.165) is 11.1 Å². The average molecular weight is 208 g/mol. The molecule has 0 aliphatic heterocycles. The fraction of sp³-hybridized carbons (Fsp3) is 0. The Hall–Kier alpha value is -2.40. The molecule has 2 nitrogen and oxygen atoms in total. The number of benzene rings is 2. The van der Waals surface area contributed by atoms with Crippen LogP contribution in [0.5, 0.6) is 0 Å². The molecule has 0 spiro atoms. The minimum absolute atomic E-state index is 0.547. The topological polar surface area (TPSA) is 52.0 Å². The predicted octanol–water partition coefficient (Wildman–Crippen LogP) is 2.25. The molecular weight excluding hydrogens is 196 g/mol. The second kappa shape index (κ2) is 4.41. The summed E-state index contributed by atoms with van der Waals surface area (Å²) in [5.74, 6) is 6.06. The second-order valence-electron chi connectivity index (χ2n) is 3.42. The number of nitrogen functional groups attached to an aromatic ring is 2. The van der Waals surface area contributed by atoms with Crippen molar-refractivity contribution in [1.82, 2.24) is 0 Å². The van der Waals surface area contributed by atoms with Crippen LogP contribution in [0, 0.1) is 11.8 Å². The lowest BCUT2D eigenvalue weighted by Gasteiger charge is -2.00. The van der Waals surface area contributed by atoms with Crippen molar-refractivity contribution in [2.45, 2.75) is 0 Å². The maximum atomic E-state index is 5.82. The van der Waals surface area contributed by atoms with E-state index in [9.17, 15) is 0 Å². The molecule has 0 aromatic heterocycles. The van der Waals surface area contributed by atoms with Gasteiger partial charge >= 0.3 is 0 Å². The average Bonchev–Trinajstić information content (AvgIpc) is 2.32. The van der Waals surface area contributed by atoms with Gasteiger partial charge in [0.2, 0.25) is 0 Å². The van der Waals surface area contributed by atoms with Gasteiger partial charge in [0, 0.05) is 11.1 Å². The minimum Gasteiger partial charge on any atom is -0.397 e. The van der Waals surface area contributed by atoms with Gasteiger partial charge in [-0.25, -0.2) is 0 Å². The van der Waals surface area contributed by atoms with E-state index in [-0.39, 0.29) is 0 Å². The van der Waals surface area contributed by atoms with Gasteiger partial charge in [0.15, 0.2) is 0 Å². The summed E-state index contributed by atoms with van der Waals surface area (Å²) < 4.78 is 0. The number of para-hydroxylation sites is 1. The van der Waals surface area contributed by atoms with E-state index >= 15 is 0 Å². The standard InChI is InChI=1S/C14H12N2/c15-13-8-4-7-12(14(13)16)10-9-11-5-2-1-3-6-11/h1-8H,15-16H2. The predicted molar refractivity (Wildman–Crippen MR) is 67.7 cm³/mol. The quantitative estimate of drug-likeness (QED) is 0.515. The molecule has 0 saturated carbocycles. The maximum absolute atomic E-state index is 5.82. The molecule has 0 bridgehead atoms. The third-order valence-corrected chi connectivity index (χ3v) is 2.26. The first-order valence-electron chi connectivity index (χ1n) is 4.98. The molecule has 0 saturated heterocycles. The van der Waals surface area contributed by atoms with Gasteiger partial charge in [0.1, 0.15) is 0 Å². The molecule has 0 aliphatic carbocycles. The van der Waals surface area contributed by atoms with E-state index in [4.69, 9.17) is 11.5 Å². The monoisotopic (exact) mass is 208 g/mol. The zero-order valence-corrected chi connectivity index (χ0v) is 8.77. The Kier molecular flexibility index (Phi) is 2.79. The first-order valence-corrected chi connectivity index (χ1v) is 4.98. The minimum atomic E-state index is 0.547. The van der Waals surface area contributed by atoms with Crippen LogP contribution in [0.2, 0.25) is 0 Å². The summed E-state index contributed by atoms with van der Waals surface area (Å²) in [6, 6.07) is 15.2. The fourth-order valence-electron chi connectivity index (χ4n) is 1.35. The van der Waals surface area contributed by atoms with Crippen LogP contribution in [-0.2, 0) is 0 Å². The molecule has 0 aliphatic rings. The molecule has 0 amide bonds. The Morgan fingerprint density at radius 1 is 0.750 bits per heavy atom. The van der Waals surface area contributed by atoms with Crippen LogP contribution < -0.4 is 11.5 Å². The van der Waals surface area contributed by atoms with Crippen LogP contribution >= 0.6 is 0 Å². The van der Waals surface area contributed by atoms with Crippen molar-refractivity contribution >= 4 is 11.4 Å². The highest BCUT2D eigenvalue weighted by atomic mass is 14.7. The van der Waals surface area contributed by atoms with Gasteiger partial charge < -0.3 is 11.5 Å². The summed E-state index contributed by atoms with van der Waals surface area (Å²) in [6.45, 7) is 0. The zero-order valence-electron chi connectivity index (χ0n) is 8.77. The van der Waals surface area contributed by atoms with Gasteiger partial charge in [0.05, 0.1) is 11.4 Å². The van der Waals surface area contributed by atoms with Crippen LogP contribution in [0.1, 0.15) is 11.1 Å². The molecule has 0 atom stereocenters. The molecule has 78 valence electrons. The molecule has 0 unspecified atom stereocenters.